The lowest BCUT2D eigenvalue weighted by atomic mass is 9.90. The third kappa shape index (κ3) is 2.84. The van der Waals surface area contributed by atoms with E-state index in [1.165, 1.54) is 0 Å². The van der Waals surface area contributed by atoms with Gasteiger partial charge in [0.05, 0.1) is 17.6 Å². The molecule has 134 valence electrons. The van der Waals surface area contributed by atoms with E-state index < -0.39 is 12.0 Å². The van der Waals surface area contributed by atoms with Gasteiger partial charge in [-0.15, -0.1) is 0 Å². The molecule has 0 aliphatic carbocycles. The maximum Gasteiger partial charge on any atom is 0.321 e. The third-order valence-corrected chi connectivity index (χ3v) is 5.81. The Labute approximate surface area is 167 Å². The van der Waals surface area contributed by atoms with E-state index in [0.717, 1.165) is 36.7 Å². The number of halogens is 2. The SMILES string of the molecule is COc1c(Br)cc(Br)cc1[C@@H]1N[C@H](C(=O)O)Cc2c1[nH]c1ccccc21. The molecule has 1 aliphatic rings. The largest absolute Gasteiger partial charge is 0.495 e. The van der Waals surface area contributed by atoms with Crippen LogP contribution in [0.1, 0.15) is 22.9 Å². The van der Waals surface area contributed by atoms with Gasteiger partial charge in [0, 0.05) is 33.1 Å². The average Bonchev–Trinajstić information content (AvgIpc) is 2.99. The summed E-state index contributed by atoms with van der Waals surface area (Å²) < 4.78 is 7.29. The first-order valence-electron chi connectivity index (χ1n) is 8.11. The van der Waals surface area contributed by atoms with Gasteiger partial charge in [0.2, 0.25) is 0 Å². The zero-order chi connectivity index (χ0) is 18.4. The van der Waals surface area contributed by atoms with Gasteiger partial charge >= 0.3 is 5.97 Å². The minimum Gasteiger partial charge on any atom is -0.495 e. The molecule has 2 atom stereocenters. The number of nitrogens with one attached hydrogen (secondary N) is 2. The van der Waals surface area contributed by atoms with Gasteiger partial charge in [0.15, 0.2) is 0 Å². The van der Waals surface area contributed by atoms with E-state index in [1.807, 2.05) is 36.4 Å². The van der Waals surface area contributed by atoms with Gasteiger partial charge in [-0.3, -0.25) is 10.1 Å². The van der Waals surface area contributed by atoms with E-state index >= 15 is 0 Å². The number of methoxy groups -OCH3 is 1. The highest BCUT2D eigenvalue weighted by atomic mass is 79.9. The van der Waals surface area contributed by atoms with Gasteiger partial charge in [-0.05, 0) is 39.7 Å². The van der Waals surface area contributed by atoms with E-state index in [0.29, 0.717) is 12.2 Å². The van der Waals surface area contributed by atoms with Crippen LogP contribution in [0.25, 0.3) is 10.9 Å². The lowest BCUT2D eigenvalue weighted by Crippen LogP contribution is -2.45. The maximum atomic E-state index is 11.8. The van der Waals surface area contributed by atoms with Crippen LogP contribution in [0.5, 0.6) is 5.75 Å². The van der Waals surface area contributed by atoms with Crippen molar-refractivity contribution in [2.75, 3.05) is 7.11 Å². The predicted octanol–water partition coefficient (Wildman–Crippen LogP) is 4.39. The molecule has 5 nitrogen and oxygen atoms in total. The molecule has 2 heterocycles. The number of para-hydroxylation sites is 1. The van der Waals surface area contributed by atoms with E-state index in [4.69, 9.17) is 4.74 Å². The van der Waals surface area contributed by atoms with Crippen molar-refractivity contribution >= 4 is 48.7 Å². The van der Waals surface area contributed by atoms with Gasteiger partial charge in [0.25, 0.3) is 0 Å². The average molecular weight is 480 g/mol. The zero-order valence-electron chi connectivity index (χ0n) is 13.8. The number of rotatable bonds is 3. The van der Waals surface area contributed by atoms with Gasteiger partial charge < -0.3 is 14.8 Å². The number of benzene rings is 2. The first-order valence-corrected chi connectivity index (χ1v) is 9.69. The van der Waals surface area contributed by atoms with Gasteiger partial charge in [-0.1, -0.05) is 34.1 Å². The molecule has 1 aliphatic heterocycles. The van der Waals surface area contributed by atoms with Crippen molar-refractivity contribution in [1.82, 2.24) is 10.3 Å². The molecule has 0 bridgehead atoms. The second-order valence-electron chi connectivity index (χ2n) is 6.27. The quantitative estimate of drug-likeness (QED) is 0.520. The van der Waals surface area contributed by atoms with Crippen LogP contribution in [0.3, 0.4) is 0 Å². The van der Waals surface area contributed by atoms with Crippen LogP contribution in [0.15, 0.2) is 45.3 Å². The molecule has 0 saturated carbocycles. The van der Waals surface area contributed by atoms with Crippen LogP contribution < -0.4 is 10.1 Å². The van der Waals surface area contributed by atoms with Crippen molar-refractivity contribution in [2.24, 2.45) is 0 Å². The minimum absolute atomic E-state index is 0.323. The van der Waals surface area contributed by atoms with Crippen molar-refractivity contribution in [1.29, 1.82) is 0 Å². The second-order valence-corrected chi connectivity index (χ2v) is 8.04. The Morgan fingerprint density at radius 2 is 2.04 bits per heavy atom. The normalized spacial score (nSPS) is 19.3. The monoisotopic (exact) mass is 478 g/mol. The summed E-state index contributed by atoms with van der Waals surface area (Å²) in [6.45, 7) is 0. The van der Waals surface area contributed by atoms with Crippen molar-refractivity contribution in [3.05, 3.63) is 62.2 Å². The number of fused-ring (bicyclic) bond motifs is 3. The van der Waals surface area contributed by atoms with Crippen LogP contribution in [-0.4, -0.2) is 29.2 Å². The highest BCUT2D eigenvalue weighted by molar-refractivity contribution is 9.11. The smallest absolute Gasteiger partial charge is 0.321 e. The maximum absolute atomic E-state index is 11.8. The molecule has 2 aromatic carbocycles. The number of aliphatic carboxylic acids is 1. The predicted molar refractivity (Wildman–Crippen MR) is 107 cm³/mol. The van der Waals surface area contributed by atoms with Gasteiger partial charge in [-0.25, -0.2) is 0 Å². The summed E-state index contributed by atoms with van der Waals surface area (Å²) in [5, 5.41) is 14.0. The Hall–Kier alpha value is -1.83. The van der Waals surface area contributed by atoms with Crippen molar-refractivity contribution in [2.45, 2.75) is 18.5 Å². The standard InChI is InChI=1S/C19H16Br2N2O3/c1-26-18-12(6-9(20)7-13(18)21)17-16-11(8-15(23-17)19(24)25)10-4-2-3-5-14(10)22-16/h2-7,15,17,22-23H,8H2,1H3,(H,24,25)/t15-,17-/m0/s1. The summed E-state index contributed by atoms with van der Waals surface area (Å²) in [5.74, 6) is -0.180. The topological polar surface area (TPSA) is 74.3 Å². The fourth-order valence-corrected chi connectivity index (χ4v) is 5.07. The first kappa shape index (κ1) is 17.6. The molecular formula is C19H16Br2N2O3. The van der Waals surface area contributed by atoms with E-state index in [1.54, 1.807) is 7.11 Å². The van der Waals surface area contributed by atoms with Crippen molar-refractivity contribution < 1.29 is 14.6 Å². The Morgan fingerprint density at radius 1 is 1.27 bits per heavy atom. The molecular weight excluding hydrogens is 464 g/mol. The first-order chi connectivity index (χ1) is 12.5. The Kier molecular flexibility index (Phi) is 4.54. The summed E-state index contributed by atoms with van der Waals surface area (Å²) >= 11 is 7.06. The van der Waals surface area contributed by atoms with Gasteiger partial charge in [0.1, 0.15) is 11.8 Å². The van der Waals surface area contributed by atoms with Crippen LogP contribution in [0.4, 0.5) is 0 Å². The van der Waals surface area contributed by atoms with Crippen LogP contribution in [-0.2, 0) is 11.2 Å². The summed E-state index contributed by atoms with van der Waals surface area (Å²) in [6, 6.07) is 10.9. The molecule has 0 spiro atoms. The molecule has 4 rings (SSSR count). The fraction of sp³-hybridized carbons (Fsp3) is 0.211. The van der Waals surface area contributed by atoms with E-state index in [-0.39, 0.29) is 6.04 Å². The number of hydrogen-bond acceptors (Lipinski definition) is 3. The summed E-state index contributed by atoms with van der Waals surface area (Å²) in [6.07, 6.45) is 0.433. The molecule has 0 unspecified atom stereocenters. The number of hydrogen-bond donors (Lipinski definition) is 3. The molecule has 0 saturated heterocycles. The van der Waals surface area contributed by atoms with Gasteiger partial charge in [-0.2, -0.15) is 0 Å². The number of carbonyl (C=O) groups is 1. The van der Waals surface area contributed by atoms with Crippen molar-refractivity contribution in [3.8, 4) is 5.75 Å². The molecule has 1 aromatic heterocycles. The van der Waals surface area contributed by atoms with Crippen molar-refractivity contribution in [3.63, 3.8) is 0 Å². The van der Waals surface area contributed by atoms with E-state index in [9.17, 15) is 9.90 Å². The Bertz CT molecular complexity index is 1020. The number of carboxylic acid groups (broad SMARTS) is 1. The number of ether oxygens (including phenoxy) is 1. The minimum atomic E-state index is -0.862. The number of aromatic nitrogens is 1. The molecule has 3 aromatic rings. The highest BCUT2D eigenvalue weighted by Crippen LogP contribution is 2.42. The molecule has 0 amide bonds. The van der Waals surface area contributed by atoms with Crippen LogP contribution in [0, 0.1) is 0 Å². The van der Waals surface area contributed by atoms with E-state index in [2.05, 4.69) is 42.2 Å². The molecule has 26 heavy (non-hydrogen) atoms. The zero-order valence-corrected chi connectivity index (χ0v) is 17.0. The lowest BCUT2D eigenvalue weighted by Gasteiger charge is -2.30. The summed E-state index contributed by atoms with van der Waals surface area (Å²) in [5.41, 5.74) is 3.89. The van der Waals surface area contributed by atoms with Crippen LogP contribution >= 0.6 is 31.9 Å². The second kappa shape index (κ2) is 6.72. The molecule has 7 heteroatoms. The lowest BCUT2D eigenvalue weighted by molar-refractivity contribution is -0.139. The molecule has 0 radical (unpaired) electrons. The number of H-pyrrole nitrogens is 1. The Balaban J connectivity index is 1.96. The molecule has 0 fully saturated rings. The number of carboxylic acids is 1. The van der Waals surface area contributed by atoms with Crippen LogP contribution in [0.2, 0.25) is 0 Å². The fourth-order valence-electron chi connectivity index (χ4n) is 3.65. The third-order valence-electron chi connectivity index (χ3n) is 4.76. The summed E-state index contributed by atoms with van der Waals surface area (Å²) in [7, 11) is 1.61. The summed E-state index contributed by atoms with van der Waals surface area (Å²) in [4.78, 5) is 15.2. The Morgan fingerprint density at radius 3 is 2.77 bits per heavy atom. The number of aromatic amines is 1. The highest BCUT2D eigenvalue weighted by Gasteiger charge is 2.35. The molecule has 3 N–H and O–H groups in total.